The van der Waals surface area contributed by atoms with Crippen molar-refractivity contribution in [3.05, 3.63) is 28.0 Å². The molecule has 0 amide bonds. The summed E-state index contributed by atoms with van der Waals surface area (Å²) in [5.41, 5.74) is 7.31. The minimum Gasteiger partial charge on any atom is -0.396 e. The Morgan fingerprint density at radius 3 is 2.79 bits per heavy atom. The third-order valence-corrected chi connectivity index (χ3v) is 2.85. The first-order valence-corrected chi connectivity index (χ1v) is 5.17. The van der Waals surface area contributed by atoms with Crippen LogP contribution in [0.1, 0.15) is 15.6 Å². The van der Waals surface area contributed by atoms with E-state index in [1.165, 1.54) is 4.88 Å². The van der Waals surface area contributed by atoms with Gasteiger partial charge in [-0.15, -0.1) is 11.3 Å². The van der Waals surface area contributed by atoms with Crippen LogP contribution < -0.4 is 5.73 Å². The molecule has 2 N–H and O–H groups in total. The van der Waals surface area contributed by atoms with Crippen molar-refractivity contribution in [3.63, 3.8) is 0 Å². The van der Waals surface area contributed by atoms with Crippen molar-refractivity contribution >= 4 is 17.0 Å². The van der Waals surface area contributed by atoms with E-state index in [1.54, 1.807) is 11.3 Å². The van der Waals surface area contributed by atoms with Crippen molar-refractivity contribution in [2.45, 2.75) is 20.4 Å². The second kappa shape index (κ2) is 3.42. The fourth-order valence-electron chi connectivity index (χ4n) is 1.23. The molecule has 5 heteroatoms. The SMILES string of the molecule is Cc1cnc(Cn2cc(N)c(C)n2)s1. The molecule has 4 nitrogen and oxygen atoms in total. The van der Waals surface area contributed by atoms with Crippen molar-refractivity contribution in [1.82, 2.24) is 14.8 Å². The maximum Gasteiger partial charge on any atom is 0.114 e. The maximum absolute atomic E-state index is 5.70. The summed E-state index contributed by atoms with van der Waals surface area (Å²) >= 11 is 1.68. The molecule has 0 aliphatic carbocycles. The highest BCUT2D eigenvalue weighted by Crippen LogP contribution is 2.14. The molecule has 0 aliphatic heterocycles. The number of aryl methyl sites for hydroxylation is 2. The number of nitrogens with two attached hydrogens (primary N) is 1. The quantitative estimate of drug-likeness (QED) is 0.815. The average Bonchev–Trinajstić information content (AvgIpc) is 2.62. The Hall–Kier alpha value is -1.36. The third kappa shape index (κ3) is 1.77. The van der Waals surface area contributed by atoms with Crippen LogP contribution >= 0.6 is 11.3 Å². The highest BCUT2D eigenvalue weighted by Gasteiger charge is 2.03. The van der Waals surface area contributed by atoms with Crippen LogP contribution in [0.5, 0.6) is 0 Å². The van der Waals surface area contributed by atoms with Gasteiger partial charge in [0, 0.05) is 17.3 Å². The zero-order chi connectivity index (χ0) is 10.1. The van der Waals surface area contributed by atoms with Gasteiger partial charge in [-0.2, -0.15) is 5.10 Å². The lowest BCUT2D eigenvalue weighted by Crippen LogP contribution is -1.99. The molecule has 0 unspecified atom stereocenters. The molecule has 0 radical (unpaired) electrons. The predicted molar refractivity (Wildman–Crippen MR) is 57.3 cm³/mol. The minimum absolute atomic E-state index is 0.705. The van der Waals surface area contributed by atoms with Gasteiger partial charge in [-0.25, -0.2) is 4.98 Å². The van der Waals surface area contributed by atoms with Crippen molar-refractivity contribution in [1.29, 1.82) is 0 Å². The van der Waals surface area contributed by atoms with Gasteiger partial charge in [-0.3, -0.25) is 4.68 Å². The summed E-state index contributed by atoms with van der Waals surface area (Å²) in [6.45, 7) is 4.65. The smallest absolute Gasteiger partial charge is 0.114 e. The summed E-state index contributed by atoms with van der Waals surface area (Å²) in [6, 6.07) is 0. The number of hydrogen-bond donors (Lipinski definition) is 1. The van der Waals surface area contributed by atoms with Gasteiger partial charge in [0.2, 0.25) is 0 Å². The molecule has 0 aliphatic rings. The molecule has 74 valence electrons. The summed E-state index contributed by atoms with van der Waals surface area (Å²) < 4.78 is 1.82. The Labute approximate surface area is 86.4 Å². The van der Waals surface area contributed by atoms with Crippen molar-refractivity contribution in [2.75, 3.05) is 5.73 Å². The monoisotopic (exact) mass is 208 g/mol. The van der Waals surface area contributed by atoms with Gasteiger partial charge < -0.3 is 5.73 Å². The van der Waals surface area contributed by atoms with Gasteiger partial charge in [0.1, 0.15) is 5.01 Å². The number of nitrogen functional groups attached to an aromatic ring is 1. The van der Waals surface area contributed by atoms with Crippen LogP contribution in [-0.2, 0) is 6.54 Å². The minimum atomic E-state index is 0.705. The number of anilines is 1. The molecule has 0 spiro atoms. The van der Waals surface area contributed by atoms with E-state index in [0.29, 0.717) is 6.54 Å². The van der Waals surface area contributed by atoms with Gasteiger partial charge in [0.05, 0.1) is 17.9 Å². The normalized spacial score (nSPS) is 10.7. The number of thiazole rings is 1. The van der Waals surface area contributed by atoms with Gasteiger partial charge in [-0.05, 0) is 13.8 Å². The van der Waals surface area contributed by atoms with Crippen LogP contribution in [0.15, 0.2) is 12.4 Å². The second-order valence-corrected chi connectivity index (χ2v) is 4.55. The Morgan fingerprint density at radius 1 is 1.50 bits per heavy atom. The Kier molecular flexibility index (Phi) is 2.25. The molecular formula is C9H12N4S. The predicted octanol–water partition coefficient (Wildman–Crippen LogP) is 1.59. The van der Waals surface area contributed by atoms with Crippen LogP contribution in [0.3, 0.4) is 0 Å². The fourth-order valence-corrected chi connectivity index (χ4v) is 2.01. The van der Waals surface area contributed by atoms with Crippen LogP contribution in [-0.4, -0.2) is 14.8 Å². The van der Waals surface area contributed by atoms with Crippen LogP contribution in [0, 0.1) is 13.8 Å². The highest BCUT2D eigenvalue weighted by atomic mass is 32.1. The average molecular weight is 208 g/mol. The van der Waals surface area contributed by atoms with E-state index in [1.807, 2.05) is 30.9 Å². The number of nitrogens with zero attached hydrogens (tertiary/aromatic N) is 3. The van der Waals surface area contributed by atoms with Gasteiger partial charge >= 0.3 is 0 Å². The Bertz CT molecular complexity index is 424. The third-order valence-electron chi connectivity index (χ3n) is 1.95. The Morgan fingerprint density at radius 2 is 2.29 bits per heavy atom. The van der Waals surface area contributed by atoms with Gasteiger partial charge in [0.25, 0.3) is 0 Å². The van der Waals surface area contributed by atoms with Crippen molar-refractivity contribution in [2.24, 2.45) is 0 Å². The van der Waals surface area contributed by atoms with E-state index in [9.17, 15) is 0 Å². The van der Waals surface area contributed by atoms with E-state index in [0.717, 1.165) is 16.4 Å². The summed E-state index contributed by atoms with van der Waals surface area (Å²) in [4.78, 5) is 5.49. The molecule has 2 aromatic rings. The standard InChI is InChI=1S/C9H12N4S/c1-6-3-11-9(14-6)5-13-4-8(10)7(2)12-13/h3-4H,5,10H2,1-2H3. The van der Waals surface area contributed by atoms with Crippen molar-refractivity contribution in [3.8, 4) is 0 Å². The number of hydrogen-bond acceptors (Lipinski definition) is 4. The maximum atomic E-state index is 5.70. The van der Waals surface area contributed by atoms with E-state index in [-0.39, 0.29) is 0 Å². The Balaban J connectivity index is 2.18. The summed E-state index contributed by atoms with van der Waals surface area (Å²) in [5, 5.41) is 5.33. The van der Waals surface area contributed by atoms with E-state index < -0.39 is 0 Å². The highest BCUT2D eigenvalue weighted by molar-refractivity contribution is 7.11. The van der Waals surface area contributed by atoms with E-state index >= 15 is 0 Å². The number of rotatable bonds is 2. The van der Waals surface area contributed by atoms with Gasteiger partial charge in [0.15, 0.2) is 0 Å². The summed E-state index contributed by atoms with van der Waals surface area (Å²) in [5.74, 6) is 0. The molecule has 0 saturated carbocycles. The first kappa shape index (κ1) is 9.21. The molecule has 2 rings (SSSR count). The molecule has 2 aromatic heterocycles. The van der Waals surface area contributed by atoms with E-state index in [4.69, 9.17) is 5.73 Å². The lowest BCUT2D eigenvalue weighted by Gasteiger charge is -1.95. The zero-order valence-corrected chi connectivity index (χ0v) is 9.01. The summed E-state index contributed by atoms with van der Waals surface area (Å²) in [6.07, 6.45) is 3.71. The summed E-state index contributed by atoms with van der Waals surface area (Å²) in [7, 11) is 0. The molecule has 0 atom stereocenters. The molecule has 14 heavy (non-hydrogen) atoms. The van der Waals surface area contributed by atoms with Crippen LogP contribution in [0.25, 0.3) is 0 Å². The number of aromatic nitrogens is 3. The van der Waals surface area contributed by atoms with Crippen LogP contribution in [0.2, 0.25) is 0 Å². The van der Waals surface area contributed by atoms with Gasteiger partial charge in [-0.1, -0.05) is 0 Å². The first-order chi connectivity index (χ1) is 6.65. The van der Waals surface area contributed by atoms with E-state index in [2.05, 4.69) is 10.1 Å². The fraction of sp³-hybridized carbons (Fsp3) is 0.333. The molecular weight excluding hydrogens is 196 g/mol. The van der Waals surface area contributed by atoms with Crippen molar-refractivity contribution < 1.29 is 0 Å². The largest absolute Gasteiger partial charge is 0.396 e. The molecule has 0 fully saturated rings. The lowest BCUT2D eigenvalue weighted by atomic mass is 10.4. The molecule has 0 saturated heterocycles. The zero-order valence-electron chi connectivity index (χ0n) is 8.19. The lowest BCUT2D eigenvalue weighted by molar-refractivity contribution is 0.676. The van der Waals surface area contributed by atoms with Crippen LogP contribution in [0.4, 0.5) is 5.69 Å². The topological polar surface area (TPSA) is 56.7 Å². The first-order valence-electron chi connectivity index (χ1n) is 4.36. The molecule has 0 aromatic carbocycles. The molecule has 2 heterocycles. The second-order valence-electron chi connectivity index (χ2n) is 3.23. The molecule has 0 bridgehead atoms.